The number of hydrogen-bond acceptors (Lipinski definition) is 4. The highest BCUT2D eigenvalue weighted by molar-refractivity contribution is 7.89. The third kappa shape index (κ3) is 2.91. The summed E-state index contributed by atoms with van der Waals surface area (Å²) in [6.07, 6.45) is 1.10. The van der Waals surface area contributed by atoms with Gasteiger partial charge in [0, 0.05) is 18.8 Å². The van der Waals surface area contributed by atoms with Crippen molar-refractivity contribution in [2.45, 2.75) is 17.7 Å². The number of carbonyl (C=O) groups excluding carboxylic acids is 1. The molecule has 20 heavy (non-hydrogen) atoms. The lowest BCUT2D eigenvalue weighted by Crippen LogP contribution is -2.44. The first-order valence-corrected chi connectivity index (χ1v) is 7.60. The molecular weight excluding hydrogens is 285 g/mol. The van der Waals surface area contributed by atoms with E-state index in [1.54, 1.807) is 0 Å². The molecule has 1 aliphatic rings. The van der Waals surface area contributed by atoms with Crippen LogP contribution in [0.1, 0.15) is 12.8 Å². The van der Waals surface area contributed by atoms with Crippen LogP contribution >= 0.6 is 0 Å². The second kappa shape index (κ2) is 5.37. The zero-order chi connectivity index (χ0) is 14.9. The van der Waals surface area contributed by atoms with Gasteiger partial charge in [-0.15, -0.1) is 0 Å². The number of piperidine rings is 1. The van der Waals surface area contributed by atoms with E-state index in [1.165, 1.54) is 6.07 Å². The summed E-state index contributed by atoms with van der Waals surface area (Å²) in [5, 5.41) is 0. The Balaban J connectivity index is 2.32. The smallest absolute Gasteiger partial charge is 0.243 e. The summed E-state index contributed by atoms with van der Waals surface area (Å²) in [6, 6.07) is 3.16. The lowest BCUT2D eigenvalue weighted by atomic mass is 9.99. The highest BCUT2D eigenvalue weighted by Crippen LogP contribution is 2.25. The predicted octanol–water partition coefficient (Wildman–Crippen LogP) is 0.294. The van der Waals surface area contributed by atoms with Gasteiger partial charge >= 0.3 is 0 Å². The van der Waals surface area contributed by atoms with Crippen molar-refractivity contribution in [1.29, 1.82) is 0 Å². The number of hydrogen-bond donors (Lipinski definition) is 2. The van der Waals surface area contributed by atoms with Crippen LogP contribution in [-0.2, 0) is 14.8 Å². The minimum atomic E-state index is -3.87. The Bertz CT molecular complexity index is 613. The first kappa shape index (κ1) is 14.7. The summed E-state index contributed by atoms with van der Waals surface area (Å²) in [7, 11) is -3.87. The molecule has 1 aliphatic heterocycles. The molecule has 0 radical (unpaired) electrons. The van der Waals surface area contributed by atoms with Crippen LogP contribution in [-0.4, -0.2) is 31.7 Å². The number of primary amides is 1. The van der Waals surface area contributed by atoms with Gasteiger partial charge in [-0.25, -0.2) is 12.8 Å². The molecule has 1 aromatic carbocycles. The molecule has 8 heteroatoms. The summed E-state index contributed by atoms with van der Waals surface area (Å²) in [6.45, 7) is 0.302. The topological polar surface area (TPSA) is 106 Å². The number of benzene rings is 1. The summed E-state index contributed by atoms with van der Waals surface area (Å²) in [5.41, 5.74) is 10.7. The van der Waals surface area contributed by atoms with Crippen molar-refractivity contribution in [2.24, 2.45) is 11.7 Å². The van der Waals surface area contributed by atoms with E-state index in [-0.39, 0.29) is 23.7 Å². The van der Waals surface area contributed by atoms with E-state index in [2.05, 4.69) is 0 Å². The van der Waals surface area contributed by atoms with Crippen LogP contribution in [0.2, 0.25) is 0 Å². The maximum atomic E-state index is 13.3. The van der Waals surface area contributed by atoms with Gasteiger partial charge in [0.15, 0.2) is 0 Å². The maximum Gasteiger partial charge on any atom is 0.243 e. The molecule has 0 bridgehead atoms. The van der Waals surface area contributed by atoms with Crippen molar-refractivity contribution in [3.63, 3.8) is 0 Å². The first-order valence-electron chi connectivity index (χ1n) is 6.16. The number of anilines is 1. The molecule has 0 spiro atoms. The fourth-order valence-electron chi connectivity index (χ4n) is 2.28. The summed E-state index contributed by atoms with van der Waals surface area (Å²) < 4.78 is 39.3. The van der Waals surface area contributed by atoms with Crippen molar-refractivity contribution in [3.8, 4) is 0 Å². The number of halogens is 1. The van der Waals surface area contributed by atoms with E-state index in [0.29, 0.717) is 12.8 Å². The van der Waals surface area contributed by atoms with E-state index in [4.69, 9.17) is 11.5 Å². The highest BCUT2D eigenvalue weighted by Gasteiger charge is 2.32. The number of sulfonamides is 1. The molecule has 1 heterocycles. The zero-order valence-electron chi connectivity index (χ0n) is 10.8. The quantitative estimate of drug-likeness (QED) is 0.783. The number of carbonyl (C=O) groups is 1. The number of nitrogens with zero attached hydrogens (tertiary/aromatic N) is 1. The summed E-state index contributed by atoms with van der Waals surface area (Å²) in [5.74, 6) is -1.75. The third-order valence-electron chi connectivity index (χ3n) is 3.32. The van der Waals surface area contributed by atoms with Crippen LogP contribution in [0.25, 0.3) is 0 Å². The van der Waals surface area contributed by atoms with Crippen LogP contribution in [0.15, 0.2) is 23.1 Å². The van der Waals surface area contributed by atoms with Gasteiger partial charge < -0.3 is 11.5 Å². The van der Waals surface area contributed by atoms with E-state index in [9.17, 15) is 17.6 Å². The van der Waals surface area contributed by atoms with Gasteiger partial charge in [0.2, 0.25) is 15.9 Å². The average molecular weight is 301 g/mol. The lowest BCUT2D eigenvalue weighted by Gasteiger charge is -2.30. The van der Waals surface area contributed by atoms with Gasteiger partial charge in [0.1, 0.15) is 5.82 Å². The monoisotopic (exact) mass is 301 g/mol. The van der Waals surface area contributed by atoms with Crippen LogP contribution in [0.3, 0.4) is 0 Å². The summed E-state index contributed by atoms with van der Waals surface area (Å²) in [4.78, 5) is 11.0. The Morgan fingerprint density at radius 2 is 2.05 bits per heavy atom. The Hall–Kier alpha value is -1.67. The molecule has 1 atom stereocenters. The number of nitrogens with two attached hydrogens (primary N) is 2. The van der Waals surface area contributed by atoms with Gasteiger partial charge in [0.05, 0.1) is 10.8 Å². The molecule has 2 rings (SSSR count). The Morgan fingerprint density at radius 1 is 1.35 bits per heavy atom. The second-order valence-electron chi connectivity index (χ2n) is 4.82. The highest BCUT2D eigenvalue weighted by atomic mass is 32.2. The van der Waals surface area contributed by atoms with Gasteiger partial charge in [-0.1, -0.05) is 0 Å². The van der Waals surface area contributed by atoms with E-state index in [0.717, 1.165) is 16.4 Å². The number of rotatable bonds is 3. The van der Waals surface area contributed by atoms with Crippen LogP contribution in [0, 0.1) is 11.7 Å². The van der Waals surface area contributed by atoms with Gasteiger partial charge in [-0.05, 0) is 31.0 Å². The molecule has 1 unspecified atom stereocenters. The van der Waals surface area contributed by atoms with Crippen molar-refractivity contribution in [3.05, 3.63) is 24.0 Å². The minimum absolute atomic E-state index is 0.0219. The maximum absolute atomic E-state index is 13.3. The molecule has 0 aliphatic carbocycles. The Kier molecular flexibility index (Phi) is 3.96. The van der Waals surface area contributed by atoms with E-state index >= 15 is 0 Å². The molecule has 0 saturated carbocycles. The van der Waals surface area contributed by atoms with Crippen molar-refractivity contribution >= 4 is 21.6 Å². The molecule has 0 aromatic heterocycles. The number of nitrogen functional groups attached to an aromatic ring is 1. The SMILES string of the molecule is NC(=O)C1CCCN(S(=O)(=O)c2cc(N)cc(F)c2)C1. The van der Waals surface area contributed by atoms with Crippen LogP contribution in [0.5, 0.6) is 0 Å². The molecule has 4 N–H and O–H groups in total. The van der Waals surface area contributed by atoms with Crippen molar-refractivity contribution in [2.75, 3.05) is 18.8 Å². The van der Waals surface area contributed by atoms with Crippen molar-refractivity contribution in [1.82, 2.24) is 4.31 Å². The molecule has 110 valence electrons. The largest absolute Gasteiger partial charge is 0.399 e. The van der Waals surface area contributed by atoms with Crippen LogP contribution in [0.4, 0.5) is 10.1 Å². The van der Waals surface area contributed by atoms with Gasteiger partial charge in [-0.3, -0.25) is 4.79 Å². The first-order chi connectivity index (χ1) is 9.30. The molecule has 1 fully saturated rings. The fourth-order valence-corrected chi connectivity index (χ4v) is 3.87. The van der Waals surface area contributed by atoms with Crippen LogP contribution < -0.4 is 11.5 Å². The molecule has 1 saturated heterocycles. The molecule has 1 aromatic rings. The summed E-state index contributed by atoms with van der Waals surface area (Å²) >= 11 is 0. The lowest BCUT2D eigenvalue weighted by molar-refractivity contribution is -0.122. The Labute approximate surface area is 116 Å². The zero-order valence-corrected chi connectivity index (χ0v) is 11.6. The molecule has 1 amide bonds. The molecule has 6 nitrogen and oxygen atoms in total. The van der Waals surface area contributed by atoms with E-state index in [1.807, 2.05) is 0 Å². The average Bonchev–Trinajstić information content (AvgIpc) is 2.37. The minimum Gasteiger partial charge on any atom is -0.399 e. The third-order valence-corrected chi connectivity index (χ3v) is 5.16. The van der Waals surface area contributed by atoms with Gasteiger partial charge in [0.25, 0.3) is 0 Å². The Morgan fingerprint density at radius 3 is 2.65 bits per heavy atom. The normalized spacial score (nSPS) is 20.8. The predicted molar refractivity (Wildman–Crippen MR) is 71.5 cm³/mol. The van der Waals surface area contributed by atoms with Gasteiger partial charge in [-0.2, -0.15) is 4.31 Å². The fraction of sp³-hybridized carbons (Fsp3) is 0.417. The van der Waals surface area contributed by atoms with Crippen molar-refractivity contribution < 1.29 is 17.6 Å². The second-order valence-corrected chi connectivity index (χ2v) is 6.76. The standard InChI is InChI=1S/C12H16FN3O3S/c13-9-4-10(14)6-11(5-9)20(18,19)16-3-1-2-8(7-16)12(15)17/h4-6,8H,1-3,7,14H2,(H2,15,17). The number of amides is 1. The van der Waals surface area contributed by atoms with E-state index < -0.39 is 27.7 Å². The molecular formula is C12H16FN3O3S.